The molecule has 5 heavy (non-hydrogen) atoms. The third-order valence-corrected chi connectivity index (χ3v) is 0.289. The summed E-state index contributed by atoms with van der Waals surface area (Å²) in [7, 11) is 0. The molecule has 0 aliphatic heterocycles. The van der Waals surface area contributed by atoms with E-state index in [9.17, 15) is 0 Å². The van der Waals surface area contributed by atoms with Crippen LogP contribution in [-0.4, -0.2) is 11.9 Å². The second-order valence-electron chi connectivity index (χ2n) is 0.402. The third-order valence-electron chi connectivity index (χ3n) is 0.0962. The lowest BCUT2D eigenvalue weighted by Gasteiger charge is -1.58. The molecule has 0 spiro atoms. The summed E-state index contributed by atoms with van der Waals surface area (Å²) in [5.41, 5.74) is 4.87. The third kappa shape index (κ3) is 13.2. The van der Waals surface area contributed by atoms with Crippen LogP contribution in [-0.2, 0) is 0 Å². The quantitative estimate of drug-likeness (QED) is 0.495. The topological polar surface area (TPSA) is 26.0 Å². The highest BCUT2D eigenvalue weighted by atomic mass is 35.5. The smallest absolute Gasteiger partial charge is 0.0211 e. The van der Waals surface area contributed by atoms with E-state index < -0.39 is 0 Å². The van der Waals surface area contributed by atoms with Crippen LogP contribution in [0.15, 0.2) is 0 Å². The molecule has 0 bridgehead atoms. The molecule has 0 fully saturated rings. The molecule has 0 rings (SSSR count). The first kappa shape index (κ1) is 9.02. The molecule has 0 aromatic rings. The molecular formula is C2H6ClNS. The Bertz CT molecular complexity index is 23.6. The zero-order valence-electron chi connectivity index (χ0n) is 2.68. The molecule has 0 heterocycles. The van der Waals surface area contributed by atoms with Gasteiger partial charge in [0.15, 0.2) is 0 Å². The highest BCUT2D eigenvalue weighted by molar-refractivity contribution is 7.79. The van der Waals surface area contributed by atoms with Gasteiger partial charge in [-0.1, -0.05) is 12.2 Å². The normalized spacial score (nSPS) is 5.00. The van der Waals surface area contributed by atoms with Crippen LogP contribution in [0.1, 0.15) is 0 Å². The van der Waals surface area contributed by atoms with E-state index in [0.29, 0.717) is 6.54 Å². The summed E-state index contributed by atoms with van der Waals surface area (Å²) in [6, 6.07) is 0. The number of nitrogens with two attached hydrogens (primary N) is 1. The second kappa shape index (κ2) is 8.84. The maximum absolute atomic E-state index is 4.87. The van der Waals surface area contributed by atoms with Gasteiger partial charge in [0.25, 0.3) is 0 Å². The molecule has 0 aromatic carbocycles. The Hall–Kier alpha value is 0.340. The summed E-state index contributed by atoms with van der Waals surface area (Å²) in [5, 5.41) is 1.49. The lowest BCUT2D eigenvalue weighted by Crippen LogP contribution is -1.95. The van der Waals surface area contributed by atoms with Gasteiger partial charge in [-0.15, -0.1) is 12.4 Å². The van der Waals surface area contributed by atoms with E-state index in [2.05, 4.69) is 12.2 Å². The van der Waals surface area contributed by atoms with Crippen molar-refractivity contribution in [2.75, 3.05) is 6.54 Å². The van der Waals surface area contributed by atoms with Crippen LogP contribution >= 0.6 is 24.6 Å². The molecule has 0 radical (unpaired) electrons. The number of halogens is 1. The van der Waals surface area contributed by atoms with Gasteiger partial charge in [0.2, 0.25) is 0 Å². The molecular weight excluding hydrogens is 106 g/mol. The van der Waals surface area contributed by atoms with Crippen molar-refractivity contribution in [3.05, 3.63) is 0 Å². The van der Waals surface area contributed by atoms with Gasteiger partial charge in [-0.25, -0.2) is 0 Å². The Morgan fingerprint density at radius 3 is 2.00 bits per heavy atom. The van der Waals surface area contributed by atoms with Gasteiger partial charge in [-0.05, 0) is 5.37 Å². The molecule has 0 atom stereocenters. The van der Waals surface area contributed by atoms with E-state index in [4.69, 9.17) is 5.73 Å². The average molecular weight is 112 g/mol. The van der Waals surface area contributed by atoms with E-state index in [1.807, 2.05) is 0 Å². The Morgan fingerprint density at radius 1 is 1.80 bits per heavy atom. The highest BCUT2D eigenvalue weighted by Crippen LogP contribution is 1.34. The molecule has 2 N–H and O–H groups in total. The van der Waals surface area contributed by atoms with Gasteiger partial charge in [-0.3, -0.25) is 0 Å². The standard InChI is InChI=1S/C2H5NS.ClH/c3-1-2-4;/h2H,1,3H2;1H. The molecule has 0 aromatic heterocycles. The summed E-state index contributed by atoms with van der Waals surface area (Å²) >= 11 is 4.30. The summed E-state index contributed by atoms with van der Waals surface area (Å²) in [4.78, 5) is 0. The first-order valence-electron chi connectivity index (χ1n) is 1.05. The second-order valence-corrected chi connectivity index (χ2v) is 0.736. The number of rotatable bonds is 1. The van der Waals surface area contributed by atoms with Gasteiger partial charge in [0.1, 0.15) is 0 Å². The Kier molecular flexibility index (Phi) is 15.9. The lowest BCUT2D eigenvalue weighted by atomic mass is 10.8. The molecule has 0 aliphatic rings. The summed E-state index contributed by atoms with van der Waals surface area (Å²) in [6.45, 7) is 0.509. The molecule has 32 valence electrons. The highest BCUT2D eigenvalue weighted by Gasteiger charge is 1.46. The van der Waals surface area contributed by atoms with Crippen molar-refractivity contribution < 1.29 is 0 Å². The Morgan fingerprint density at radius 2 is 2.00 bits per heavy atom. The van der Waals surface area contributed by atoms with Gasteiger partial charge in [0, 0.05) is 6.54 Å². The summed E-state index contributed by atoms with van der Waals surface area (Å²) in [6.07, 6.45) is 0. The SMILES string of the molecule is Cl.NCC=S. The fourth-order valence-electron chi connectivity index (χ4n) is 0. The van der Waals surface area contributed by atoms with Crippen LogP contribution < -0.4 is 5.73 Å². The Labute approximate surface area is 43.0 Å². The minimum absolute atomic E-state index is 0. The minimum atomic E-state index is 0. The van der Waals surface area contributed by atoms with Crippen molar-refractivity contribution in [2.45, 2.75) is 0 Å². The van der Waals surface area contributed by atoms with Crippen molar-refractivity contribution in [2.24, 2.45) is 5.73 Å². The van der Waals surface area contributed by atoms with Gasteiger partial charge in [0.05, 0.1) is 0 Å². The van der Waals surface area contributed by atoms with E-state index in [0.717, 1.165) is 0 Å². The van der Waals surface area contributed by atoms with Gasteiger partial charge >= 0.3 is 0 Å². The van der Waals surface area contributed by atoms with Gasteiger partial charge in [-0.2, -0.15) is 0 Å². The maximum Gasteiger partial charge on any atom is 0.0211 e. The van der Waals surface area contributed by atoms with Gasteiger partial charge < -0.3 is 5.73 Å². The maximum atomic E-state index is 4.87. The first-order valence-corrected chi connectivity index (χ1v) is 1.52. The lowest BCUT2D eigenvalue weighted by molar-refractivity contribution is 1.36. The summed E-state index contributed by atoms with van der Waals surface area (Å²) < 4.78 is 0. The van der Waals surface area contributed by atoms with Crippen LogP contribution in [0.5, 0.6) is 0 Å². The molecule has 0 aliphatic carbocycles. The average Bonchev–Trinajstić information content (AvgIpc) is 1.37. The Balaban J connectivity index is 0. The van der Waals surface area contributed by atoms with Crippen molar-refractivity contribution in [3.8, 4) is 0 Å². The monoisotopic (exact) mass is 111 g/mol. The molecule has 0 amide bonds. The minimum Gasteiger partial charge on any atom is -0.326 e. The van der Waals surface area contributed by atoms with Crippen LogP contribution in [0.25, 0.3) is 0 Å². The van der Waals surface area contributed by atoms with Crippen molar-refractivity contribution >= 4 is 30.0 Å². The van der Waals surface area contributed by atoms with Crippen LogP contribution in [0.3, 0.4) is 0 Å². The number of hydrogen-bond donors (Lipinski definition) is 1. The fraction of sp³-hybridized carbons (Fsp3) is 0.500. The predicted octanol–water partition coefficient (Wildman–Crippen LogP) is 0.367. The number of hydrogen-bond acceptors (Lipinski definition) is 2. The van der Waals surface area contributed by atoms with E-state index in [-0.39, 0.29) is 12.4 Å². The molecule has 3 heteroatoms. The van der Waals surface area contributed by atoms with Crippen LogP contribution in [0.4, 0.5) is 0 Å². The number of thiocarbonyl (C=S) groups is 1. The predicted molar refractivity (Wildman–Crippen MR) is 30.0 cm³/mol. The van der Waals surface area contributed by atoms with Crippen LogP contribution in [0.2, 0.25) is 0 Å². The van der Waals surface area contributed by atoms with E-state index in [1.165, 1.54) is 5.37 Å². The van der Waals surface area contributed by atoms with Crippen molar-refractivity contribution in [1.29, 1.82) is 0 Å². The molecule has 0 saturated carbocycles. The summed E-state index contributed by atoms with van der Waals surface area (Å²) in [5.74, 6) is 0. The zero-order valence-corrected chi connectivity index (χ0v) is 4.31. The van der Waals surface area contributed by atoms with E-state index in [1.54, 1.807) is 0 Å². The van der Waals surface area contributed by atoms with E-state index >= 15 is 0 Å². The van der Waals surface area contributed by atoms with Crippen molar-refractivity contribution in [1.82, 2.24) is 0 Å². The zero-order chi connectivity index (χ0) is 3.41. The first-order chi connectivity index (χ1) is 1.91. The van der Waals surface area contributed by atoms with Crippen LogP contribution in [0, 0.1) is 0 Å². The molecule has 1 nitrogen and oxygen atoms in total. The molecule has 0 saturated heterocycles. The largest absolute Gasteiger partial charge is 0.326 e. The molecule has 0 unspecified atom stereocenters. The fourth-order valence-corrected chi connectivity index (χ4v) is 0. The van der Waals surface area contributed by atoms with Crippen molar-refractivity contribution in [3.63, 3.8) is 0 Å².